The summed E-state index contributed by atoms with van der Waals surface area (Å²) < 4.78 is 52.6. The molecule has 88 valence electrons. The maximum atomic E-state index is 11.4. The van der Waals surface area contributed by atoms with Gasteiger partial charge in [-0.2, -0.15) is 17.2 Å². The Kier molecular flexibility index (Phi) is 13.3. The minimum Gasteiger partial charge on any atom is -1.00 e. The van der Waals surface area contributed by atoms with Crippen molar-refractivity contribution in [2.45, 2.75) is 5.25 Å². The second-order valence-electron chi connectivity index (χ2n) is 1.24. The van der Waals surface area contributed by atoms with E-state index in [-0.39, 0.29) is 58.1 Å². The maximum Gasteiger partial charge on any atom is 1.00 e. The van der Waals surface area contributed by atoms with Gasteiger partial charge in [0, 0.05) is 0 Å². The fourth-order valence-electron chi connectivity index (χ4n) is 0.0995. The van der Waals surface area contributed by atoms with Gasteiger partial charge >= 0.3 is 49.6 Å². The van der Waals surface area contributed by atoms with Gasteiger partial charge in [0.25, 0.3) is 0 Å². The van der Waals surface area contributed by atoms with Crippen LogP contribution in [0.2, 0.25) is 0 Å². The Morgan fingerprint density at radius 3 is 1.46 bits per heavy atom. The van der Waals surface area contributed by atoms with Crippen LogP contribution in [-0.4, -0.2) is 19.6 Å². The van der Waals surface area contributed by atoms with Crippen LogP contribution < -0.4 is 29.1 Å². The van der Waals surface area contributed by atoms with Gasteiger partial charge < -0.3 is 33.9 Å². The van der Waals surface area contributed by atoms with E-state index in [1.165, 1.54) is 0 Å². The Morgan fingerprint density at radius 1 is 1.23 bits per heavy atom. The molecule has 0 saturated carbocycles. The zero-order valence-corrected chi connectivity index (χ0v) is 10.0. The van der Waals surface area contributed by atoms with Crippen LogP contribution in [0.15, 0.2) is 0 Å². The molecule has 0 amide bonds. The van der Waals surface area contributed by atoms with Gasteiger partial charge in [-0.15, -0.1) is 0 Å². The van der Waals surface area contributed by atoms with Crippen LogP contribution >= 0.6 is 0 Å². The molecule has 0 radical (unpaired) electrons. The van der Waals surface area contributed by atoms with Gasteiger partial charge in [-0.3, -0.25) is 0 Å². The quantitative estimate of drug-likeness (QED) is 0.252. The minimum atomic E-state index is -6.40. The van der Waals surface area contributed by atoms with Crippen LogP contribution in [-0.2, 0) is 49.2 Å². The average Bonchev–Trinajstić information content (AvgIpc) is 1.62. The number of hydrogen-bond acceptors (Lipinski definition) is 4. The number of carbonyl (C=O) groups excluding carboxylic acids is 1. The van der Waals surface area contributed by atoms with E-state index in [4.69, 9.17) is 0 Å². The van der Waals surface area contributed by atoms with Crippen molar-refractivity contribution < 1.29 is 89.1 Å². The monoisotopic (exact) mass is 430 g/mol. The Balaban J connectivity index is -0.000000135. The zero-order chi connectivity index (χ0) is 8.58. The van der Waals surface area contributed by atoms with Crippen LogP contribution in [0.1, 0.15) is 0 Å². The van der Waals surface area contributed by atoms with E-state index in [2.05, 4.69) is 0 Å². The molecule has 0 rings (SSSR count). The summed E-state index contributed by atoms with van der Waals surface area (Å²) in [6, 6.07) is 0. The summed E-state index contributed by atoms with van der Waals surface area (Å²) in [6.45, 7) is 0. The standard InChI is InChI=1S/C2HF3O4S.2Cu.HI/c3-2(4,1(6)7)10(5,8)9;;;/h(H,6,7);;;1H/q;2*+1;/p-2. The smallest absolute Gasteiger partial charge is 1.00 e. The third-order valence-electron chi connectivity index (χ3n) is 0.544. The molecule has 11 heteroatoms. The van der Waals surface area contributed by atoms with Crippen molar-refractivity contribution >= 4 is 16.2 Å². The van der Waals surface area contributed by atoms with E-state index >= 15 is 0 Å². The summed E-state index contributed by atoms with van der Waals surface area (Å²) in [5, 5.41) is 3.74. The molecule has 0 aliphatic carbocycles. The van der Waals surface area contributed by atoms with Crippen LogP contribution in [0.25, 0.3) is 0 Å². The molecule has 0 heterocycles. The van der Waals surface area contributed by atoms with E-state index in [9.17, 15) is 31.0 Å². The van der Waals surface area contributed by atoms with Gasteiger partial charge in [-0.25, -0.2) is 0 Å². The van der Waals surface area contributed by atoms with Crippen molar-refractivity contribution in [2.24, 2.45) is 0 Å². The molecule has 0 aliphatic rings. The van der Waals surface area contributed by atoms with E-state index in [0.717, 1.165) is 0 Å². The van der Waals surface area contributed by atoms with Crippen molar-refractivity contribution in [3.63, 3.8) is 0 Å². The number of alkyl halides is 2. The first-order valence-electron chi connectivity index (χ1n) is 1.73. The van der Waals surface area contributed by atoms with Gasteiger partial charge in [0.1, 0.15) is 5.97 Å². The summed E-state index contributed by atoms with van der Waals surface area (Å²) in [7, 11) is -6.40. The summed E-state index contributed by atoms with van der Waals surface area (Å²) in [5.74, 6) is -3.28. The number of aliphatic carboxylic acids is 1. The van der Waals surface area contributed by atoms with Crippen LogP contribution in [0.5, 0.6) is 0 Å². The number of carboxylic acids is 1. The second-order valence-corrected chi connectivity index (χ2v) is 2.63. The fraction of sp³-hybridized carbons (Fsp3) is 0.500. The van der Waals surface area contributed by atoms with Crippen LogP contribution in [0.4, 0.5) is 12.7 Å². The van der Waals surface area contributed by atoms with Crippen molar-refractivity contribution in [1.29, 1.82) is 0 Å². The molecule has 0 aromatic rings. The van der Waals surface area contributed by atoms with Crippen LogP contribution in [0.3, 0.4) is 0 Å². The normalized spacial score (nSPS) is 10.1. The first-order valence-corrected chi connectivity index (χ1v) is 3.11. The third-order valence-corrected chi connectivity index (χ3v) is 1.32. The third kappa shape index (κ3) is 6.13. The van der Waals surface area contributed by atoms with E-state index < -0.39 is 21.4 Å². The van der Waals surface area contributed by atoms with Gasteiger partial charge in [0.2, 0.25) is 0 Å². The molecule has 0 atom stereocenters. The number of rotatable bonds is 2. The molecule has 0 aromatic heterocycles. The molecule has 13 heavy (non-hydrogen) atoms. The molecular weight excluding hydrogens is 431 g/mol. The predicted octanol–water partition coefficient (Wildman–Crippen LogP) is -4.37. The first-order chi connectivity index (χ1) is 4.19. The number of carbonyl (C=O) groups is 1. The number of carboxylic acid groups (broad SMARTS) is 1. The van der Waals surface area contributed by atoms with Crippen LogP contribution in [0, 0.1) is 0 Å². The second kappa shape index (κ2) is 7.29. The summed E-state index contributed by atoms with van der Waals surface area (Å²) >= 11 is 0. The van der Waals surface area contributed by atoms with Gasteiger partial charge in [-0.05, 0) is 0 Å². The summed E-state index contributed by atoms with van der Waals surface area (Å²) in [6.07, 6.45) is 0. The first kappa shape index (κ1) is 23.6. The fourth-order valence-corrected chi connectivity index (χ4v) is 0.299. The van der Waals surface area contributed by atoms with Gasteiger partial charge in [0.15, 0.2) is 0 Å². The maximum absolute atomic E-state index is 11.4. The largest absolute Gasteiger partial charge is 1.00 e. The number of halogens is 4. The Labute approximate surface area is 110 Å². The number of hydrogen-bond donors (Lipinski definition) is 0. The van der Waals surface area contributed by atoms with Crippen molar-refractivity contribution in [2.75, 3.05) is 0 Å². The van der Waals surface area contributed by atoms with Crippen molar-refractivity contribution in [3.05, 3.63) is 0 Å². The predicted molar refractivity (Wildman–Crippen MR) is 20.0 cm³/mol. The Bertz CT molecular complexity index is 254. The molecule has 0 spiro atoms. The summed E-state index contributed by atoms with van der Waals surface area (Å²) in [5.41, 5.74) is 0. The molecule has 0 unspecified atom stereocenters. The molecular formula is C2Cu2F3IO4S. The molecule has 0 aromatic carbocycles. The molecule has 0 bridgehead atoms. The Hall–Kier alpha value is 0.979. The van der Waals surface area contributed by atoms with Crippen molar-refractivity contribution in [1.82, 2.24) is 0 Å². The molecule has 0 N–H and O–H groups in total. The zero-order valence-electron chi connectivity index (χ0n) is 5.16. The molecule has 0 aliphatic heterocycles. The minimum absolute atomic E-state index is 0. The SMILES string of the molecule is O=C([O-])C(F)(F)S(=O)(=O)F.[Cu+].[Cu+].[I-]. The van der Waals surface area contributed by atoms with Gasteiger partial charge in [-0.1, -0.05) is 3.89 Å². The average molecular weight is 431 g/mol. The molecule has 4 nitrogen and oxygen atoms in total. The van der Waals surface area contributed by atoms with E-state index in [1.807, 2.05) is 0 Å². The van der Waals surface area contributed by atoms with Crippen molar-refractivity contribution in [3.8, 4) is 0 Å². The van der Waals surface area contributed by atoms with E-state index in [0.29, 0.717) is 0 Å². The summed E-state index contributed by atoms with van der Waals surface area (Å²) in [4.78, 5) is 9.19. The Morgan fingerprint density at radius 2 is 1.46 bits per heavy atom. The van der Waals surface area contributed by atoms with E-state index in [1.54, 1.807) is 0 Å². The molecule has 0 saturated heterocycles. The topological polar surface area (TPSA) is 74.3 Å². The molecule has 0 fully saturated rings. The van der Waals surface area contributed by atoms with Gasteiger partial charge in [0.05, 0.1) is 0 Å².